The summed E-state index contributed by atoms with van der Waals surface area (Å²) in [5.41, 5.74) is 5.35. The van der Waals surface area contributed by atoms with Crippen LogP contribution in [-0.4, -0.2) is 26.7 Å². The molecule has 0 aliphatic carbocycles. The molecule has 0 fully saturated rings. The Bertz CT molecular complexity index is 1760. The highest BCUT2D eigenvalue weighted by Gasteiger charge is 2.16. The number of rotatable bonds is 6. The Hall–Kier alpha value is -4.68. The van der Waals surface area contributed by atoms with Crippen LogP contribution in [0, 0.1) is 18.3 Å². The molecule has 0 atom stereocenters. The van der Waals surface area contributed by atoms with Crippen molar-refractivity contribution in [2.75, 3.05) is 7.11 Å². The molecule has 0 bridgehead atoms. The van der Waals surface area contributed by atoms with Crippen molar-refractivity contribution in [1.82, 2.24) is 19.6 Å². The number of furan rings is 1. The lowest BCUT2D eigenvalue weighted by Crippen LogP contribution is -1.97. The van der Waals surface area contributed by atoms with E-state index in [4.69, 9.17) is 24.1 Å². The van der Waals surface area contributed by atoms with Crippen molar-refractivity contribution in [2.24, 2.45) is 0 Å². The van der Waals surface area contributed by atoms with Gasteiger partial charge in [0.2, 0.25) is 0 Å². The molecule has 8 nitrogen and oxygen atoms in total. The highest BCUT2D eigenvalue weighted by molar-refractivity contribution is 7.13. The van der Waals surface area contributed by atoms with Gasteiger partial charge in [-0.2, -0.15) is 10.4 Å². The maximum absolute atomic E-state index is 9.00. The summed E-state index contributed by atoms with van der Waals surface area (Å²) in [5.74, 6) is 1.87. The van der Waals surface area contributed by atoms with Crippen molar-refractivity contribution in [1.29, 1.82) is 5.26 Å². The molecule has 0 saturated carbocycles. The van der Waals surface area contributed by atoms with Crippen molar-refractivity contribution < 1.29 is 13.9 Å². The van der Waals surface area contributed by atoms with E-state index in [2.05, 4.69) is 16.2 Å². The Morgan fingerprint density at radius 2 is 1.94 bits per heavy atom. The molecule has 9 heteroatoms. The zero-order valence-corrected chi connectivity index (χ0v) is 20.2. The Balaban J connectivity index is 1.29. The normalized spacial score (nSPS) is 11.1. The van der Waals surface area contributed by atoms with Crippen molar-refractivity contribution >= 4 is 28.0 Å². The number of methoxy groups -OCH3 is 1. The first-order valence-electron chi connectivity index (χ1n) is 11.1. The minimum Gasteiger partial charge on any atom is -0.496 e. The van der Waals surface area contributed by atoms with E-state index >= 15 is 0 Å². The fourth-order valence-electron chi connectivity index (χ4n) is 3.89. The monoisotopic (exact) mass is 493 g/mol. The van der Waals surface area contributed by atoms with Gasteiger partial charge < -0.3 is 13.9 Å². The number of imidazole rings is 1. The molecule has 0 amide bonds. The van der Waals surface area contributed by atoms with E-state index in [0.717, 1.165) is 33.0 Å². The molecular weight excluding hydrogens is 474 g/mol. The Morgan fingerprint density at radius 3 is 2.75 bits per heavy atom. The van der Waals surface area contributed by atoms with E-state index in [1.807, 2.05) is 61.0 Å². The topological polar surface area (TPSA) is 98.5 Å². The number of nitriles is 1. The highest BCUT2D eigenvalue weighted by Crippen LogP contribution is 2.37. The van der Waals surface area contributed by atoms with Crippen LogP contribution < -0.4 is 9.47 Å². The SMILES string of the molecule is COc1cc(OCc2csc(-c3ccc(C#N)cc3)n2)c2cc(-c3cn4nc(C)ccc4n3)oc2c1. The van der Waals surface area contributed by atoms with E-state index in [-0.39, 0.29) is 6.61 Å². The second-order valence-electron chi connectivity index (χ2n) is 8.17. The number of aryl methyl sites for hydroxylation is 1. The summed E-state index contributed by atoms with van der Waals surface area (Å²) in [6.45, 7) is 2.22. The van der Waals surface area contributed by atoms with Gasteiger partial charge in [0, 0.05) is 23.1 Å². The van der Waals surface area contributed by atoms with Crippen LogP contribution in [0.5, 0.6) is 11.5 Å². The standard InChI is InChI=1S/C27H19N5O3S/c1-16-3-8-26-30-22(13-32(26)31-16)25-11-21-23(9-20(33-2)10-24(21)35-25)34-14-19-15-36-27(29-19)18-6-4-17(12-28)5-7-18/h3-11,13,15H,14H2,1-2H3. The van der Waals surface area contributed by atoms with Gasteiger partial charge >= 0.3 is 0 Å². The summed E-state index contributed by atoms with van der Waals surface area (Å²) in [4.78, 5) is 9.33. The summed E-state index contributed by atoms with van der Waals surface area (Å²) >= 11 is 1.53. The molecule has 2 aromatic carbocycles. The summed E-state index contributed by atoms with van der Waals surface area (Å²) < 4.78 is 19.5. The van der Waals surface area contributed by atoms with Gasteiger partial charge in [-0.25, -0.2) is 14.5 Å². The molecule has 6 rings (SSSR count). The number of thiazole rings is 1. The first-order valence-corrected chi connectivity index (χ1v) is 12.0. The van der Waals surface area contributed by atoms with Crippen LogP contribution in [0.4, 0.5) is 0 Å². The zero-order valence-electron chi connectivity index (χ0n) is 19.4. The second kappa shape index (κ2) is 8.83. The van der Waals surface area contributed by atoms with E-state index in [1.165, 1.54) is 11.3 Å². The lowest BCUT2D eigenvalue weighted by molar-refractivity contribution is 0.303. The van der Waals surface area contributed by atoms with Crippen LogP contribution in [0.2, 0.25) is 0 Å². The quantitative estimate of drug-likeness (QED) is 0.279. The number of nitrogens with zero attached hydrogens (tertiary/aromatic N) is 5. The molecule has 0 radical (unpaired) electrons. The molecule has 6 aromatic rings. The lowest BCUT2D eigenvalue weighted by Gasteiger charge is -2.07. The third-order valence-corrected chi connectivity index (χ3v) is 6.64. The molecule has 36 heavy (non-hydrogen) atoms. The third-order valence-electron chi connectivity index (χ3n) is 5.70. The number of benzene rings is 2. The van der Waals surface area contributed by atoms with Crippen LogP contribution in [0.3, 0.4) is 0 Å². The van der Waals surface area contributed by atoms with Crippen LogP contribution in [-0.2, 0) is 6.61 Å². The summed E-state index contributed by atoms with van der Waals surface area (Å²) in [6, 6.07) is 18.9. The first-order chi connectivity index (χ1) is 17.6. The predicted molar refractivity (Wildman–Crippen MR) is 136 cm³/mol. The molecule has 0 unspecified atom stereocenters. The molecule has 0 N–H and O–H groups in total. The molecule has 4 aromatic heterocycles. The van der Waals surface area contributed by atoms with Crippen LogP contribution in [0.1, 0.15) is 17.0 Å². The Labute approximate surface area is 210 Å². The molecular formula is C27H19N5O3S. The molecule has 176 valence electrons. The van der Waals surface area contributed by atoms with Gasteiger partial charge in [-0.1, -0.05) is 12.1 Å². The largest absolute Gasteiger partial charge is 0.496 e. The molecule has 0 aliphatic heterocycles. The number of hydrogen-bond donors (Lipinski definition) is 0. The fraction of sp³-hybridized carbons (Fsp3) is 0.111. The zero-order chi connectivity index (χ0) is 24.6. The smallest absolute Gasteiger partial charge is 0.155 e. The Kier molecular flexibility index (Phi) is 5.36. The average Bonchev–Trinajstić information content (AvgIpc) is 3.64. The summed E-state index contributed by atoms with van der Waals surface area (Å²) in [5, 5.41) is 17.1. The van der Waals surface area contributed by atoms with Gasteiger partial charge in [-0.3, -0.25) is 0 Å². The minimum absolute atomic E-state index is 0.285. The average molecular weight is 494 g/mol. The van der Waals surface area contributed by atoms with Gasteiger partial charge in [0.05, 0.1) is 41.7 Å². The van der Waals surface area contributed by atoms with Crippen molar-refractivity contribution in [3.8, 4) is 39.6 Å². The lowest BCUT2D eigenvalue weighted by atomic mass is 10.1. The van der Waals surface area contributed by atoms with Crippen LogP contribution in [0.15, 0.2) is 70.6 Å². The molecule has 0 aliphatic rings. The molecule has 4 heterocycles. The number of fused-ring (bicyclic) bond motifs is 2. The summed E-state index contributed by atoms with van der Waals surface area (Å²) in [6.07, 6.45) is 1.85. The van der Waals surface area contributed by atoms with Gasteiger partial charge in [0.15, 0.2) is 11.4 Å². The van der Waals surface area contributed by atoms with E-state index in [0.29, 0.717) is 34.1 Å². The van der Waals surface area contributed by atoms with E-state index < -0.39 is 0 Å². The van der Waals surface area contributed by atoms with Gasteiger partial charge in [0.25, 0.3) is 0 Å². The van der Waals surface area contributed by atoms with Gasteiger partial charge in [0.1, 0.15) is 34.4 Å². The van der Waals surface area contributed by atoms with Crippen molar-refractivity contribution in [3.63, 3.8) is 0 Å². The number of ether oxygens (including phenoxy) is 2. The van der Waals surface area contributed by atoms with Crippen molar-refractivity contribution in [2.45, 2.75) is 13.5 Å². The molecule has 0 saturated heterocycles. The van der Waals surface area contributed by atoms with E-state index in [9.17, 15) is 0 Å². The van der Waals surface area contributed by atoms with E-state index in [1.54, 1.807) is 23.8 Å². The fourth-order valence-corrected chi connectivity index (χ4v) is 4.70. The molecule has 0 spiro atoms. The third kappa shape index (κ3) is 4.04. The minimum atomic E-state index is 0.285. The Morgan fingerprint density at radius 1 is 1.08 bits per heavy atom. The maximum atomic E-state index is 9.00. The second-order valence-corrected chi connectivity index (χ2v) is 9.03. The van der Waals surface area contributed by atoms with Gasteiger partial charge in [-0.05, 0) is 37.3 Å². The van der Waals surface area contributed by atoms with Gasteiger partial charge in [-0.15, -0.1) is 11.3 Å². The van der Waals surface area contributed by atoms with Crippen LogP contribution in [0.25, 0.3) is 38.6 Å². The highest BCUT2D eigenvalue weighted by atomic mass is 32.1. The number of aromatic nitrogens is 4. The first kappa shape index (κ1) is 21.8. The van der Waals surface area contributed by atoms with Crippen molar-refractivity contribution in [3.05, 3.63) is 83.1 Å². The number of hydrogen-bond acceptors (Lipinski definition) is 8. The van der Waals surface area contributed by atoms with Crippen LogP contribution >= 0.6 is 11.3 Å². The summed E-state index contributed by atoms with van der Waals surface area (Å²) in [7, 11) is 1.61. The predicted octanol–water partition coefficient (Wildman–Crippen LogP) is 6.03. The maximum Gasteiger partial charge on any atom is 0.155 e.